The van der Waals surface area contributed by atoms with E-state index in [1.807, 2.05) is 23.5 Å². The summed E-state index contributed by atoms with van der Waals surface area (Å²) in [5, 5.41) is 4.94. The normalized spacial score (nSPS) is 11.6. The van der Waals surface area contributed by atoms with E-state index in [-0.39, 0.29) is 0 Å². The number of benzene rings is 6. The average molecular weight is 580 g/mol. The van der Waals surface area contributed by atoms with Crippen LogP contribution in [0.4, 0.5) is 0 Å². The van der Waals surface area contributed by atoms with Crippen molar-refractivity contribution in [3.63, 3.8) is 0 Å². The molecule has 0 N–H and O–H groups in total. The van der Waals surface area contributed by atoms with E-state index >= 15 is 0 Å². The minimum Gasteiger partial charge on any atom is -0.308 e. The second-order valence-electron chi connectivity index (χ2n) is 11.0. The first kappa shape index (κ1) is 25.0. The molecule has 0 saturated heterocycles. The summed E-state index contributed by atoms with van der Waals surface area (Å²) in [7, 11) is 0. The maximum atomic E-state index is 5.33. The zero-order valence-electron chi connectivity index (χ0n) is 23.7. The number of fused-ring (bicyclic) bond motifs is 6. The molecule has 0 aliphatic heterocycles. The molecule has 0 radical (unpaired) electrons. The molecule has 44 heavy (non-hydrogen) atoms. The van der Waals surface area contributed by atoms with E-state index in [4.69, 9.17) is 9.97 Å². The van der Waals surface area contributed by atoms with Gasteiger partial charge in [0.05, 0.1) is 33.7 Å². The molecule has 9 rings (SSSR count). The summed E-state index contributed by atoms with van der Waals surface area (Å²) in [5.74, 6) is 0.722. The van der Waals surface area contributed by atoms with E-state index in [0.717, 1.165) is 50.6 Å². The minimum atomic E-state index is 0.722. The van der Waals surface area contributed by atoms with Crippen LogP contribution < -0.4 is 0 Å². The lowest BCUT2D eigenvalue weighted by Gasteiger charge is -2.16. The number of para-hydroxylation sites is 2. The lowest BCUT2D eigenvalue weighted by molar-refractivity contribution is 1.15. The fraction of sp³-hybridized carbons (Fsp3) is 0. The van der Waals surface area contributed by atoms with Gasteiger partial charge in [-0.2, -0.15) is 0 Å². The van der Waals surface area contributed by atoms with Crippen molar-refractivity contribution in [3.05, 3.63) is 152 Å². The summed E-state index contributed by atoms with van der Waals surface area (Å²) in [6.45, 7) is 0. The Morgan fingerprint density at radius 1 is 0.455 bits per heavy atom. The second-order valence-corrected chi connectivity index (χ2v) is 12.1. The van der Waals surface area contributed by atoms with Gasteiger partial charge in [0, 0.05) is 42.1 Å². The van der Waals surface area contributed by atoms with Crippen molar-refractivity contribution in [1.29, 1.82) is 0 Å². The van der Waals surface area contributed by atoms with Crippen LogP contribution in [0.15, 0.2) is 152 Å². The molecule has 0 aliphatic carbocycles. The lowest BCUT2D eigenvalue weighted by atomic mass is 10.0. The molecule has 0 bridgehead atoms. The average Bonchev–Trinajstić information content (AvgIpc) is 3.64. The molecule has 6 aromatic carbocycles. The lowest BCUT2D eigenvalue weighted by Crippen LogP contribution is -2.02. The number of aromatic nitrogens is 3. The predicted octanol–water partition coefficient (Wildman–Crippen LogP) is 10.9. The number of rotatable bonds is 4. The number of thiophene rings is 1. The molecule has 0 saturated carbocycles. The van der Waals surface area contributed by atoms with Gasteiger partial charge >= 0.3 is 0 Å². The Hall–Kier alpha value is -5.58. The van der Waals surface area contributed by atoms with Gasteiger partial charge in [0.15, 0.2) is 5.82 Å². The molecule has 0 fully saturated rings. The van der Waals surface area contributed by atoms with Gasteiger partial charge in [-0.05, 0) is 30.3 Å². The van der Waals surface area contributed by atoms with Crippen LogP contribution in [0.25, 0.3) is 81.6 Å². The molecule has 0 amide bonds. The Morgan fingerprint density at radius 3 is 1.59 bits per heavy atom. The Balaban J connectivity index is 1.44. The van der Waals surface area contributed by atoms with Crippen molar-refractivity contribution >= 4 is 53.3 Å². The van der Waals surface area contributed by atoms with Gasteiger partial charge in [0.25, 0.3) is 0 Å². The molecule has 206 valence electrons. The molecule has 3 heterocycles. The molecule has 0 aliphatic rings. The van der Waals surface area contributed by atoms with Crippen molar-refractivity contribution in [1.82, 2.24) is 14.5 Å². The number of hydrogen-bond acceptors (Lipinski definition) is 3. The van der Waals surface area contributed by atoms with Gasteiger partial charge < -0.3 is 4.57 Å². The van der Waals surface area contributed by atoms with Crippen LogP contribution in [0, 0.1) is 0 Å². The highest BCUT2D eigenvalue weighted by molar-refractivity contribution is 7.26. The van der Waals surface area contributed by atoms with Gasteiger partial charge in [-0.25, -0.2) is 9.97 Å². The van der Waals surface area contributed by atoms with Crippen LogP contribution >= 0.6 is 11.3 Å². The van der Waals surface area contributed by atoms with E-state index in [2.05, 4.69) is 144 Å². The van der Waals surface area contributed by atoms with E-state index in [1.165, 1.54) is 30.9 Å². The van der Waals surface area contributed by atoms with Crippen molar-refractivity contribution in [2.24, 2.45) is 0 Å². The first-order chi connectivity index (χ1) is 21.8. The van der Waals surface area contributed by atoms with Gasteiger partial charge in [0.2, 0.25) is 0 Å². The van der Waals surface area contributed by atoms with Gasteiger partial charge in [-0.1, -0.05) is 121 Å². The zero-order chi connectivity index (χ0) is 29.0. The third-order valence-electron chi connectivity index (χ3n) is 8.43. The van der Waals surface area contributed by atoms with Crippen LogP contribution in [-0.2, 0) is 0 Å². The molecule has 0 spiro atoms. The van der Waals surface area contributed by atoms with Crippen molar-refractivity contribution in [2.45, 2.75) is 0 Å². The highest BCUT2D eigenvalue weighted by Crippen LogP contribution is 2.44. The predicted molar refractivity (Wildman–Crippen MR) is 186 cm³/mol. The van der Waals surface area contributed by atoms with E-state index in [0.29, 0.717) is 0 Å². The molecule has 3 aromatic heterocycles. The monoisotopic (exact) mass is 579 g/mol. The maximum Gasteiger partial charge on any atom is 0.163 e. The maximum absolute atomic E-state index is 5.33. The highest BCUT2D eigenvalue weighted by Gasteiger charge is 2.22. The van der Waals surface area contributed by atoms with Crippen molar-refractivity contribution in [2.75, 3.05) is 0 Å². The van der Waals surface area contributed by atoms with E-state index in [9.17, 15) is 0 Å². The molecule has 0 atom stereocenters. The third kappa shape index (κ3) is 3.89. The van der Waals surface area contributed by atoms with Gasteiger partial charge in [-0.3, -0.25) is 0 Å². The summed E-state index contributed by atoms with van der Waals surface area (Å²) in [4.78, 5) is 10.7. The number of hydrogen-bond donors (Lipinski definition) is 0. The van der Waals surface area contributed by atoms with E-state index < -0.39 is 0 Å². The largest absolute Gasteiger partial charge is 0.308 e. The Kier molecular flexibility index (Phi) is 5.68. The zero-order valence-corrected chi connectivity index (χ0v) is 24.5. The molecular weight excluding hydrogens is 555 g/mol. The van der Waals surface area contributed by atoms with Crippen LogP contribution in [0.2, 0.25) is 0 Å². The van der Waals surface area contributed by atoms with Gasteiger partial charge in [-0.15, -0.1) is 11.3 Å². The SMILES string of the molecule is c1ccc(-c2cc(-c3ccccc3)nc(-c3c(-n4c5ccccc5c5ccccc54)ccc4c3sc3ccccc34)n2)cc1. The minimum absolute atomic E-state index is 0.722. The van der Waals surface area contributed by atoms with Crippen molar-refractivity contribution < 1.29 is 0 Å². The van der Waals surface area contributed by atoms with E-state index in [1.54, 1.807) is 0 Å². The summed E-state index contributed by atoms with van der Waals surface area (Å²) in [6.07, 6.45) is 0. The first-order valence-corrected chi connectivity index (χ1v) is 15.6. The Morgan fingerprint density at radius 2 is 0.977 bits per heavy atom. The van der Waals surface area contributed by atoms with Crippen LogP contribution in [0.5, 0.6) is 0 Å². The second kappa shape index (κ2) is 10.0. The Bertz CT molecular complexity index is 2380. The summed E-state index contributed by atoms with van der Waals surface area (Å²) < 4.78 is 4.84. The molecule has 4 heteroatoms. The van der Waals surface area contributed by atoms with Crippen molar-refractivity contribution in [3.8, 4) is 39.6 Å². The third-order valence-corrected chi connectivity index (χ3v) is 9.64. The number of nitrogens with zero attached hydrogens (tertiary/aromatic N) is 3. The highest BCUT2D eigenvalue weighted by atomic mass is 32.1. The smallest absolute Gasteiger partial charge is 0.163 e. The molecular formula is C40H25N3S. The van der Waals surface area contributed by atoms with Crippen LogP contribution in [0.1, 0.15) is 0 Å². The summed E-state index contributed by atoms with van der Waals surface area (Å²) >= 11 is 1.82. The Labute approximate surface area is 258 Å². The first-order valence-electron chi connectivity index (χ1n) is 14.8. The summed E-state index contributed by atoms with van der Waals surface area (Å²) in [5.41, 5.74) is 8.39. The topological polar surface area (TPSA) is 30.7 Å². The molecule has 9 aromatic rings. The van der Waals surface area contributed by atoms with Crippen LogP contribution in [-0.4, -0.2) is 14.5 Å². The quantitative estimate of drug-likeness (QED) is 0.208. The fourth-order valence-corrected chi connectivity index (χ4v) is 7.68. The van der Waals surface area contributed by atoms with Gasteiger partial charge in [0.1, 0.15) is 0 Å². The summed E-state index contributed by atoms with van der Waals surface area (Å²) in [6, 6.07) is 53.5. The molecule has 3 nitrogen and oxygen atoms in total. The standard InChI is InChI=1S/C40H25N3S/c1-3-13-26(14-4-1)32-25-33(27-15-5-2-6-16-27)42-40(41-32)38-36(24-23-31-30-19-9-12-22-37(30)44-39(31)38)43-34-20-10-7-17-28(34)29-18-8-11-21-35(29)43/h1-25H. The van der Waals surface area contributed by atoms with Crippen LogP contribution in [0.3, 0.4) is 0 Å². The molecule has 0 unspecified atom stereocenters. The fourth-order valence-electron chi connectivity index (χ4n) is 6.44.